The number of hydrogen-bond acceptors (Lipinski definition) is 7. The first-order chi connectivity index (χ1) is 10.0. The minimum atomic E-state index is -0.411. The number of rotatable bonds is 5. The summed E-state index contributed by atoms with van der Waals surface area (Å²) in [7, 11) is 5.90. The van der Waals surface area contributed by atoms with Crippen LogP contribution >= 0.6 is 0 Å². The molecule has 0 bridgehead atoms. The average molecular weight is 294 g/mol. The van der Waals surface area contributed by atoms with Crippen LogP contribution in [0.1, 0.15) is 0 Å². The number of aromatic nitrogens is 1. The second-order valence-corrected chi connectivity index (χ2v) is 5.35. The Kier molecular flexibility index (Phi) is 4.92. The highest BCUT2D eigenvalue weighted by atomic mass is 16.6. The molecule has 2 N–H and O–H groups in total. The highest BCUT2D eigenvalue weighted by Gasteiger charge is 2.23. The van der Waals surface area contributed by atoms with Crippen molar-refractivity contribution in [1.29, 1.82) is 0 Å². The van der Waals surface area contributed by atoms with Gasteiger partial charge in [0, 0.05) is 45.3 Å². The van der Waals surface area contributed by atoms with Gasteiger partial charge in [0.05, 0.1) is 4.92 Å². The third-order valence-corrected chi connectivity index (χ3v) is 3.81. The Bertz CT molecular complexity index is 509. The van der Waals surface area contributed by atoms with E-state index in [0.29, 0.717) is 24.2 Å². The number of pyridine rings is 1. The zero-order valence-corrected chi connectivity index (χ0v) is 12.7. The number of anilines is 2. The maximum atomic E-state index is 11.1. The molecule has 21 heavy (non-hydrogen) atoms. The molecule has 0 saturated carbocycles. The predicted molar refractivity (Wildman–Crippen MR) is 82.8 cm³/mol. The smallest absolute Gasteiger partial charge is 0.311 e. The summed E-state index contributed by atoms with van der Waals surface area (Å²) in [6.07, 6.45) is 0. The Morgan fingerprint density at radius 3 is 2.86 bits per heavy atom. The van der Waals surface area contributed by atoms with Crippen molar-refractivity contribution in [3.05, 3.63) is 22.2 Å². The molecule has 1 fully saturated rings. The van der Waals surface area contributed by atoms with Gasteiger partial charge < -0.3 is 15.5 Å². The highest BCUT2D eigenvalue weighted by Crippen LogP contribution is 2.24. The van der Waals surface area contributed by atoms with Crippen LogP contribution in [0.15, 0.2) is 12.1 Å². The summed E-state index contributed by atoms with van der Waals surface area (Å²) in [5.74, 6) is 0.922. The summed E-state index contributed by atoms with van der Waals surface area (Å²) in [6.45, 7) is 3.60. The average Bonchev–Trinajstić information content (AvgIpc) is 2.47. The monoisotopic (exact) mass is 294 g/mol. The minimum Gasteiger partial charge on any atom is -0.373 e. The summed E-state index contributed by atoms with van der Waals surface area (Å²) in [6, 6.07) is 3.38. The van der Waals surface area contributed by atoms with Crippen LogP contribution in [0.4, 0.5) is 17.3 Å². The molecule has 1 saturated heterocycles. The molecule has 0 aliphatic carbocycles. The molecule has 0 spiro atoms. The van der Waals surface area contributed by atoms with Gasteiger partial charge in [-0.3, -0.25) is 15.0 Å². The van der Waals surface area contributed by atoms with Gasteiger partial charge in [0.2, 0.25) is 5.82 Å². The van der Waals surface area contributed by atoms with E-state index in [2.05, 4.69) is 39.5 Å². The largest absolute Gasteiger partial charge is 0.373 e. The highest BCUT2D eigenvalue weighted by molar-refractivity contribution is 5.60. The lowest BCUT2D eigenvalue weighted by Gasteiger charge is -2.37. The molecule has 1 aliphatic heterocycles. The Morgan fingerprint density at radius 2 is 2.19 bits per heavy atom. The summed E-state index contributed by atoms with van der Waals surface area (Å²) in [4.78, 5) is 19.4. The molecule has 1 unspecified atom stereocenters. The van der Waals surface area contributed by atoms with Gasteiger partial charge in [0.25, 0.3) is 0 Å². The lowest BCUT2D eigenvalue weighted by molar-refractivity contribution is -0.384. The summed E-state index contributed by atoms with van der Waals surface area (Å²) < 4.78 is 0. The first-order valence-corrected chi connectivity index (χ1v) is 6.97. The zero-order chi connectivity index (χ0) is 15.4. The molecule has 8 nitrogen and oxygen atoms in total. The summed E-state index contributed by atoms with van der Waals surface area (Å²) >= 11 is 0. The molecule has 0 radical (unpaired) electrons. The molecule has 0 amide bonds. The van der Waals surface area contributed by atoms with Gasteiger partial charge in [0.1, 0.15) is 5.82 Å². The number of nitro groups is 1. The van der Waals surface area contributed by atoms with Crippen LogP contribution in [0.3, 0.4) is 0 Å². The molecular formula is C13H22N6O2. The van der Waals surface area contributed by atoms with Crippen LogP contribution < -0.4 is 10.6 Å². The van der Waals surface area contributed by atoms with E-state index < -0.39 is 4.92 Å². The van der Waals surface area contributed by atoms with Crippen LogP contribution in [0, 0.1) is 10.1 Å². The molecule has 2 rings (SSSR count). The van der Waals surface area contributed by atoms with Crippen LogP contribution in [0.25, 0.3) is 0 Å². The van der Waals surface area contributed by atoms with Crippen LogP contribution in [0.5, 0.6) is 0 Å². The van der Waals surface area contributed by atoms with E-state index in [-0.39, 0.29) is 5.69 Å². The lowest BCUT2D eigenvalue weighted by atomic mass is 10.2. The van der Waals surface area contributed by atoms with Crippen molar-refractivity contribution in [3.63, 3.8) is 0 Å². The molecule has 2 heterocycles. The SMILES string of the molecule is CNc1ccc([N+](=O)[O-])c(NCC2CN(C)CCN2C)n1. The number of nitrogens with one attached hydrogen (secondary N) is 2. The van der Waals surface area contributed by atoms with Gasteiger partial charge in [-0.15, -0.1) is 0 Å². The molecule has 8 heteroatoms. The molecule has 1 aromatic heterocycles. The third-order valence-electron chi connectivity index (χ3n) is 3.81. The first kappa shape index (κ1) is 15.5. The summed E-state index contributed by atoms with van der Waals surface area (Å²) in [5, 5.41) is 17.1. The minimum absolute atomic E-state index is 0.000757. The van der Waals surface area contributed by atoms with Gasteiger partial charge in [-0.2, -0.15) is 0 Å². The van der Waals surface area contributed by atoms with E-state index in [1.54, 1.807) is 13.1 Å². The van der Waals surface area contributed by atoms with E-state index in [9.17, 15) is 10.1 Å². The Balaban J connectivity index is 2.09. The fraction of sp³-hybridized carbons (Fsp3) is 0.615. The van der Waals surface area contributed by atoms with Gasteiger partial charge in [0.15, 0.2) is 0 Å². The number of piperazine rings is 1. The van der Waals surface area contributed by atoms with Crippen LogP contribution in [0.2, 0.25) is 0 Å². The second kappa shape index (κ2) is 6.68. The molecule has 1 aromatic rings. The Morgan fingerprint density at radius 1 is 1.43 bits per heavy atom. The first-order valence-electron chi connectivity index (χ1n) is 6.97. The van der Waals surface area contributed by atoms with E-state index >= 15 is 0 Å². The van der Waals surface area contributed by atoms with E-state index in [0.717, 1.165) is 19.6 Å². The maximum Gasteiger partial charge on any atom is 0.311 e. The zero-order valence-electron chi connectivity index (χ0n) is 12.7. The second-order valence-electron chi connectivity index (χ2n) is 5.35. The molecule has 116 valence electrons. The quantitative estimate of drug-likeness (QED) is 0.610. The van der Waals surface area contributed by atoms with E-state index in [1.807, 2.05) is 0 Å². The standard InChI is InChI=1S/C13H22N6O2/c1-14-12-5-4-11(19(20)21)13(16-12)15-8-10-9-17(2)6-7-18(10)3/h4-5,10H,6-9H2,1-3H3,(H2,14,15,16). The Hall–Kier alpha value is -1.93. The van der Waals surface area contributed by atoms with Crippen molar-refractivity contribution in [2.45, 2.75) is 6.04 Å². The number of hydrogen-bond donors (Lipinski definition) is 2. The van der Waals surface area contributed by atoms with Crippen molar-refractivity contribution >= 4 is 17.3 Å². The maximum absolute atomic E-state index is 11.1. The molecule has 1 aliphatic rings. The van der Waals surface area contributed by atoms with Crippen molar-refractivity contribution in [1.82, 2.24) is 14.8 Å². The normalized spacial score (nSPS) is 20.2. The van der Waals surface area contributed by atoms with Crippen molar-refractivity contribution in [2.24, 2.45) is 0 Å². The third kappa shape index (κ3) is 3.79. The van der Waals surface area contributed by atoms with E-state index in [4.69, 9.17) is 0 Å². The predicted octanol–water partition coefficient (Wildman–Crippen LogP) is 0.689. The van der Waals surface area contributed by atoms with Crippen molar-refractivity contribution in [2.75, 3.05) is 58.0 Å². The fourth-order valence-corrected chi connectivity index (χ4v) is 2.40. The van der Waals surface area contributed by atoms with Gasteiger partial charge in [-0.05, 0) is 20.2 Å². The Labute approximate surface area is 124 Å². The van der Waals surface area contributed by atoms with Gasteiger partial charge >= 0.3 is 5.69 Å². The van der Waals surface area contributed by atoms with Gasteiger partial charge in [-0.1, -0.05) is 0 Å². The molecule has 0 aromatic carbocycles. The molecular weight excluding hydrogens is 272 g/mol. The van der Waals surface area contributed by atoms with Crippen molar-refractivity contribution in [3.8, 4) is 0 Å². The number of nitrogens with zero attached hydrogens (tertiary/aromatic N) is 4. The van der Waals surface area contributed by atoms with Crippen molar-refractivity contribution < 1.29 is 4.92 Å². The van der Waals surface area contributed by atoms with Gasteiger partial charge in [-0.25, -0.2) is 4.98 Å². The lowest BCUT2D eigenvalue weighted by Crippen LogP contribution is -2.52. The van der Waals surface area contributed by atoms with E-state index in [1.165, 1.54) is 6.07 Å². The number of likely N-dealkylation sites (N-methyl/N-ethyl adjacent to an activating group) is 2. The molecule has 1 atom stereocenters. The fourth-order valence-electron chi connectivity index (χ4n) is 2.40. The summed E-state index contributed by atoms with van der Waals surface area (Å²) in [5.41, 5.74) is 0.000757. The van der Waals surface area contributed by atoms with Crippen LogP contribution in [-0.4, -0.2) is 73.1 Å². The van der Waals surface area contributed by atoms with Crippen LogP contribution in [-0.2, 0) is 0 Å². The topological polar surface area (TPSA) is 86.6 Å².